The van der Waals surface area contributed by atoms with E-state index in [1.807, 2.05) is 6.92 Å². The number of carbonyl (C=O) groups excluding carboxylic acids is 1. The summed E-state index contributed by atoms with van der Waals surface area (Å²) in [6.07, 6.45) is 4.43. The van der Waals surface area contributed by atoms with Crippen molar-refractivity contribution in [2.75, 3.05) is 45.9 Å². The molecule has 1 saturated heterocycles. The lowest BCUT2D eigenvalue weighted by atomic mass is 9.97. The summed E-state index contributed by atoms with van der Waals surface area (Å²) in [6, 6.07) is 8.57. The Morgan fingerprint density at radius 3 is 2.36 bits per heavy atom. The number of rotatable bonds is 10. The average Bonchev–Trinajstić information content (AvgIpc) is 2.69. The largest absolute Gasteiger partial charge is 0.494 e. The van der Waals surface area contributed by atoms with Crippen LogP contribution in [0.5, 0.6) is 5.75 Å². The minimum Gasteiger partial charge on any atom is -0.494 e. The zero-order valence-corrected chi connectivity index (χ0v) is 18.5. The first-order valence-electron chi connectivity index (χ1n) is 10.5. The SMILES string of the molecule is CCCC(C)c1ccc(OCCCCN2CCN(C(=O)OCC)CC2)cc1.Cl. The molecule has 1 aliphatic rings. The lowest BCUT2D eigenvalue weighted by Gasteiger charge is -2.33. The molecule has 1 aromatic carbocycles. The molecule has 1 aliphatic heterocycles. The standard InChI is InChI=1S/C22H36N2O3.ClH/c1-4-8-19(3)20-9-11-21(12-10-20)27-18-7-6-13-23-14-16-24(17-15-23)22(25)26-5-2;/h9-12,19H,4-8,13-18H2,1-3H3;1H. The van der Waals surface area contributed by atoms with Gasteiger partial charge in [0.1, 0.15) is 5.75 Å². The van der Waals surface area contributed by atoms with Gasteiger partial charge in [-0.1, -0.05) is 32.4 Å². The Bertz CT molecular complexity index is 545. The zero-order valence-electron chi connectivity index (χ0n) is 17.7. The first-order chi connectivity index (χ1) is 13.1. The van der Waals surface area contributed by atoms with Crippen LogP contribution in [0, 0.1) is 0 Å². The van der Waals surface area contributed by atoms with Gasteiger partial charge in [0.15, 0.2) is 0 Å². The van der Waals surface area contributed by atoms with Crippen molar-refractivity contribution in [1.29, 1.82) is 0 Å². The molecule has 28 heavy (non-hydrogen) atoms. The lowest BCUT2D eigenvalue weighted by Crippen LogP contribution is -2.49. The lowest BCUT2D eigenvalue weighted by molar-refractivity contribution is 0.0789. The number of hydrogen-bond acceptors (Lipinski definition) is 4. The highest BCUT2D eigenvalue weighted by molar-refractivity contribution is 5.85. The van der Waals surface area contributed by atoms with Crippen LogP contribution < -0.4 is 4.74 Å². The summed E-state index contributed by atoms with van der Waals surface area (Å²) < 4.78 is 10.9. The molecule has 160 valence electrons. The van der Waals surface area contributed by atoms with Gasteiger partial charge < -0.3 is 14.4 Å². The molecule has 0 bridgehead atoms. The Morgan fingerprint density at radius 1 is 1.07 bits per heavy atom. The molecule has 0 aliphatic carbocycles. The quantitative estimate of drug-likeness (QED) is 0.510. The van der Waals surface area contributed by atoms with E-state index in [1.54, 1.807) is 4.90 Å². The van der Waals surface area contributed by atoms with Crippen LogP contribution in [0.25, 0.3) is 0 Å². The number of piperazine rings is 1. The van der Waals surface area contributed by atoms with Crippen LogP contribution in [-0.2, 0) is 4.74 Å². The molecule has 5 nitrogen and oxygen atoms in total. The Kier molecular flexibility index (Phi) is 12.0. The van der Waals surface area contributed by atoms with Crippen molar-refractivity contribution in [3.8, 4) is 5.75 Å². The molecule has 6 heteroatoms. The van der Waals surface area contributed by atoms with Gasteiger partial charge in [-0.2, -0.15) is 0 Å². The van der Waals surface area contributed by atoms with Gasteiger partial charge in [0, 0.05) is 26.2 Å². The smallest absolute Gasteiger partial charge is 0.409 e. The predicted molar refractivity (Wildman–Crippen MR) is 117 cm³/mol. The van der Waals surface area contributed by atoms with Crippen LogP contribution in [0.3, 0.4) is 0 Å². The van der Waals surface area contributed by atoms with E-state index in [1.165, 1.54) is 18.4 Å². The second-order valence-corrected chi connectivity index (χ2v) is 7.34. The number of ether oxygens (including phenoxy) is 2. The van der Waals surface area contributed by atoms with E-state index < -0.39 is 0 Å². The topological polar surface area (TPSA) is 42.0 Å². The maximum atomic E-state index is 11.7. The molecule has 0 saturated carbocycles. The van der Waals surface area contributed by atoms with Gasteiger partial charge in [-0.05, 0) is 56.3 Å². The fraction of sp³-hybridized carbons (Fsp3) is 0.682. The van der Waals surface area contributed by atoms with Crippen LogP contribution in [0.15, 0.2) is 24.3 Å². The molecule has 2 rings (SSSR count). The van der Waals surface area contributed by atoms with Gasteiger partial charge in [0.05, 0.1) is 13.2 Å². The molecule has 0 radical (unpaired) electrons. The van der Waals surface area contributed by atoms with Gasteiger partial charge in [-0.3, -0.25) is 4.90 Å². The summed E-state index contributed by atoms with van der Waals surface area (Å²) >= 11 is 0. The Morgan fingerprint density at radius 2 is 1.75 bits per heavy atom. The summed E-state index contributed by atoms with van der Waals surface area (Å²) in [4.78, 5) is 15.9. The minimum absolute atomic E-state index is 0. The Labute approximate surface area is 176 Å². The highest BCUT2D eigenvalue weighted by atomic mass is 35.5. The highest BCUT2D eigenvalue weighted by Crippen LogP contribution is 2.23. The van der Waals surface area contributed by atoms with Crippen molar-refractivity contribution >= 4 is 18.5 Å². The second kappa shape index (κ2) is 13.7. The van der Waals surface area contributed by atoms with Crippen LogP contribution >= 0.6 is 12.4 Å². The third kappa shape index (κ3) is 8.27. The predicted octanol–water partition coefficient (Wildman–Crippen LogP) is 4.95. The number of unbranched alkanes of at least 4 members (excludes halogenated alkanes) is 1. The molecule has 1 atom stereocenters. The van der Waals surface area contributed by atoms with E-state index in [9.17, 15) is 4.79 Å². The van der Waals surface area contributed by atoms with E-state index >= 15 is 0 Å². The molecule has 1 unspecified atom stereocenters. The van der Waals surface area contributed by atoms with E-state index in [0.717, 1.165) is 57.9 Å². The van der Waals surface area contributed by atoms with Crippen molar-refractivity contribution in [3.63, 3.8) is 0 Å². The van der Waals surface area contributed by atoms with Gasteiger partial charge in [0.2, 0.25) is 0 Å². The summed E-state index contributed by atoms with van der Waals surface area (Å²) in [6.45, 7) is 12.0. The first-order valence-corrected chi connectivity index (χ1v) is 10.5. The van der Waals surface area contributed by atoms with Crippen molar-refractivity contribution in [2.24, 2.45) is 0 Å². The minimum atomic E-state index is -0.180. The van der Waals surface area contributed by atoms with Crippen molar-refractivity contribution in [2.45, 2.75) is 52.4 Å². The summed E-state index contributed by atoms with van der Waals surface area (Å²) in [5.41, 5.74) is 1.39. The third-order valence-corrected chi connectivity index (χ3v) is 5.21. The van der Waals surface area contributed by atoms with Gasteiger partial charge in [0.25, 0.3) is 0 Å². The number of amides is 1. The highest BCUT2D eigenvalue weighted by Gasteiger charge is 2.21. The normalized spacial score (nSPS) is 15.6. The molecule has 0 spiro atoms. The number of benzene rings is 1. The Balaban J connectivity index is 0.00000392. The van der Waals surface area contributed by atoms with E-state index in [-0.39, 0.29) is 18.5 Å². The first kappa shape index (κ1) is 24.6. The number of nitrogens with zero attached hydrogens (tertiary/aromatic N) is 2. The van der Waals surface area contributed by atoms with Gasteiger partial charge in [-0.15, -0.1) is 12.4 Å². The van der Waals surface area contributed by atoms with E-state index in [0.29, 0.717) is 12.5 Å². The molecule has 1 aromatic rings. The number of halogens is 1. The summed E-state index contributed by atoms with van der Waals surface area (Å²) in [5, 5.41) is 0. The van der Waals surface area contributed by atoms with E-state index in [2.05, 4.69) is 43.0 Å². The summed E-state index contributed by atoms with van der Waals surface area (Å²) in [7, 11) is 0. The van der Waals surface area contributed by atoms with Gasteiger partial charge >= 0.3 is 6.09 Å². The molecule has 1 amide bonds. The monoisotopic (exact) mass is 412 g/mol. The molecule has 1 heterocycles. The maximum absolute atomic E-state index is 11.7. The van der Waals surface area contributed by atoms with Crippen molar-refractivity contribution in [1.82, 2.24) is 9.80 Å². The molecular formula is C22H37ClN2O3. The fourth-order valence-corrected chi connectivity index (χ4v) is 3.49. The third-order valence-electron chi connectivity index (χ3n) is 5.21. The van der Waals surface area contributed by atoms with Crippen LogP contribution in [-0.4, -0.2) is 61.8 Å². The average molecular weight is 413 g/mol. The number of carbonyl (C=O) groups is 1. The zero-order chi connectivity index (χ0) is 19.5. The van der Waals surface area contributed by atoms with Crippen LogP contribution in [0.2, 0.25) is 0 Å². The van der Waals surface area contributed by atoms with E-state index in [4.69, 9.17) is 9.47 Å². The second-order valence-electron chi connectivity index (χ2n) is 7.34. The molecule has 0 N–H and O–H groups in total. The number of hydrogen-bond donors (Lipinski definition) is 0. The molecular weight excluding hydrogens is 376 g/mol. The Hall–Kier alpha value is -1.46. The molecule has 1 fully saturated rings. The van der Waals surface area contributed by atoms with Crippen molar-refractivity contribution in [3.05, 3.63) is 29.8 Å². The molecule has 0 aromatic heterocycles. The van der Waals surface area contributed by atoms with Gasteiger partial charge in [-0.25, -0.2) is 4.79 Å². The fourth-order valence-electron chi connectivity index (χ4n) is 3.49. The maximum Gasteiger partial charge on any atom is 0.409 e. The summed E-state index contributed by atoms with van der Waals surface area (Å²) in [5.74, 6) is 1.58. The van der Waals surface area contributed by atoms with Crippen molar-refractivity contribution < 1.29 is 14.3 Å². The van der Waals surface area contributed by atoms with Crippen LogP contribution in [0.1, 0.15) is 57.9 Å². The van der Waals surface area contributed by atoms with Crippen LogP contribution in [0.4, 0.5) is 4.79 Å².